The second-order valence-corrected chi connectivity index (χ2v) is 7.26. The Hall–Kier alpha value is -2.21. The van der Waals surface area contributed by atoms with Crippen LogP contribution in [-0.4, -0.2) is 27.4 Å². The molecular formula is C19H23N3O2S. The van der Waals surface area contributed by atoms with E-state index in [2.05, 4.69) is 29.1 Å². The number of nitrogens with one attached hydrogen (secondary N) is 1. The van der Waals surface area contributed by atoms with E-state index in [0.29, 0.717) is 23.4 Å². The van der Waals surface area contributed by atoms with Crippen molar-refractivity contribution in [2.75, 3.05) is 11.1 Å². The van der Waals surface area contributed by atoms with Crippen LogP contribution in [0.4, 0.5) is 5.69 Å². The van der Waals surface area contributed by atoms with Crippen LogP contribution in [0.25, 0.3) is 0 Å². The highest BCUT2D eigenvalue weighted by Crippen LogP contribution is 2.20. The fraction of sp³-hybridized carbons (Fsp3) is 0.368. The second-order valence-electron chi connectivity index (χ2n) is 6.14. The molecule has 0 saturated carbocycles. The molecule has 1 aromatic heterocycles. The van der Waals surface area contributed by atoms with E-state index in [1.165, 1.54) is 6.92 Å². The molecule has 0 radical (unpaired) electrons. The lowest BCUT2D eigenvalue weighted by atomic mass is 10.1. The highest BCUT2D eigenvalue weighted by molar-refractivity contribution is 7.99. The van der Waals surface area contributed by atoms with Crippen LogP contribution in [0.2, 0.25) is 0 Å². The molecule has 0 atom stereocenters. The molecule has 132 valence electrons. The Labute approximate surface area is 152 Å². The van der Waals surface area contributed by atoms with Gasteiger partial charge in [-0.15, -0.1) is 11.8 Å². The van der Waals surface area contributed by atoms with Crippen LogP contribution < -0.4 is 5.32 Å². The van der Waals surface area contributed by atoms with Crippen LogP contribution in [0.1, 0.15) is 55.0 Å². The molecule has 0 aliphatic rings. The van der Waals surface area contributed by atoms with Crippen LogP contribution in [0, 0.1) is 6.92 Å². The van der Waals surface area contributed by atoms with Crippen molar-refractivity contribution in [1.82, 2.24) is 9.97 Å². The van der Waals surface area contributed by atoms with Gasteiger partial charge in [0.05, 0.1) is 5.03 Å². The largest absolute Gasteiger partial charge is 0.326 e. The number of hydrogen-bond donors (Lipinski definition) is 1. The predicted octanol–water partition coefficient (Wildman–Crippen LogP) is 4.23. The number of amides is 1. The van der Waals surface area contributed by atoms with E-state index in [-0.39, 0.29) is 17.6 Å². The molecule has 0 saturated heterocycles. The molecule has 1 N–H and O–H groups in total. The third kappa shape index (κ3) is 5.98. The van der Waals surface area contributed by atoms with Gasteiger partial charge in [-0.3, -0.25) is 9.59 Å². The number of carbonyl (C=O) groups is 2. The van der Waals surface area contributed by atoms with Gasteiger partial charge in [-0.05, 0) is 44.2 Å². The Kier molecular flexibility index (Phi) is 6.70. The molecule has 0 unspecified atom stereocenters. The summed E-state index contributed by atoms with van der Waals surface area (Å²) < 4.78 is 0. The zero-order chi connectivity index (χ0) is 18.4. The molecule has 0 bridgehead atoms. The van der Waals surface area contributed by atoms with Gasteiger partial charge in [0, 0.05) is 35.0 Å². The molecule has 25 heavy (non-hydrogen) atoms. The first kappa shape index (κ1) is 19.1. The van der Waals surface area contributed by atoms with Gasteiger partial charge < -0.3 is 5.32 Å². The maximum absolute atomic E-state index is 12.0. The van der Waals surface area contributed by atoms with Crippen LogP contribution in [-0.2, 0) is 4.79 Å². The quantitative estimate of drug-likeness (QED) is 0.456. The Morgan fingerprint density at radius 3 is 2.44 bits per heavy atom. The molecule has 0 aliphatic heterocycles. The van der Waals surface area contributed by atoms with Crippen LogP contribution >= 0.6 is 11.8 Å². The first-order valence-electron chi connectivity index (χ1n) is 8.24. The molecule has 1 aromatic carbocycles. The minimum Gasteiger partial charge on any atom is -0.326 e. The van der Waals surface area contributed by atoms with Gasteiger partial charge in [-0.1, -0.05) is 13.8 Å². The number of benzene rings is 1. The molecule has 6 heteroatoms. The number of aryl methyl sites for hydroxylation is 1. The van der Waals surface area contributed by atoms with E-state index in [1.807, 2.05) is 13.0 Å². The maximum Gasteiger partial charge on any atom is 0.225 e. The lowest BCUT2D eigenvalue weighted by Crippen LogP contribution is -2.12. The summed E-state index contributed by atoms with van der Waals surface area (Å²) in [6.45, 7) is 7.60. The van der Waals surface area contributed by atoms with Gasteiger partial charge in [0.15, 0.2) is 5.78 Å². The van der Waals surface area contributed by atoms with Crippen molar-refractivity contribution < 1.29 is 9.59 Å². The van der Waals surface area contributed by atoms with E-state index in [1.54, 1.807) is 36.0 Å². The van der Waals surface area contributed by atoms with Gasteiger partial charge in [0.1, 0.15) is 5.82 Å². The Balaban J connectivity index is 1.85. The highest BCUT2D eigenvalue weighted by Gasteiger charge is 2.08. The minimum absolute atomic E-state index is 0.00943. The summed E-state index contributed by atoms with van der Waals surface area (Å²) in [5.74, 6) is 1.71. The van der Waals surface area contributed by atoms with Crippen molar-refractivity contribution in [3.8, 4) is 0 Å². The maximum atomic E-state index is 12.0. The zero-order valence-corrected chi connectivity index (χ0v) is 15.8. The summed E-state index contributed by atoms with van der Waals surface area (Å²) in [5, 5.41) is 3.74. The normalized spacial score (nSPS) is 10.8. The Morgan fingerprint density at radius 1 is 1.16 bits per heavy atom. The SMILES string of the molecule is CC(=O)c1ccc(NC(=O)CCSc2cc(C)nc(C(C)C)n2)cc1. The number of rotatable bonds is 7. The molecule has 2 aromatic rings. The van der Waals surface area contributed by atoms with Crippen molar-refractivity contribution >= 4 is 29.1 Å². The number of aromatic nitrogens is 2. The Morgan fingerprint density at radius 2 is 1.84 bits per heavy atom. The summed E-state index contributed by atoms with van der Waals surface area (Å²) >= 11 is 1.55. The second kappa shape index (κ2) is 8.76. The topological polar surface area (TPSA) is 72.0 Å². The van der Waals surface area contributed by atoms with Crippen molar-refractivity contribution in [1.29, 1.82) is 0 Å². The number of hydrogen-bond acceptors (Lipinski definition) is 5. The summed E-state index contributed by atoms with van der Waals surface area (Å²) in [5.41, 5.74) is 2.27. The smallest absolute Gasteiger partial charge is 0.225 e. The summed E-state index contributed by atoms with van der Waals surface area (Å²) in [4.78, 5) is 32.2. The molecule has 0 fully saturated rings. The molecular weight excluding hydrogens is 334 g/mol. The van der Waals surface area contributed by atoms with Gasteiger partial charge >= 0.3 is 0 Å². The lowest BCUT2D eigenvalue weighted by Gasteiger charge is -2.08. The average molecular weight is 357 g/mol. The molecule has 0 spiro atoms. The number of Topliss-reactive ketones (excluding diaryl/α,β-unsaturated/α-hetero) is 1. The van der Waals surface area contributed by atoms with E-state index in [0.717, 1.165) is 16.5 Å². The van der Waals surface area contributed by atoms with E-state index in [9.17, 15) is 9.59 Å². The highest BCUT2D eigenvalue weighted by atomic mass is 32.2. The number of anilines is 1. The number of carbonyl (C=O) groups excluding carboxylic acids is 2. The standard InChI is InChI=1S/C19H23N3O2S/c1-12(2)19-20-13(3)11-18(22-19)25-10-9-17(24)21-16-7-5-15(6-8-16)14(4)23/h5-8,11-12H,9-10H2,1-4H3,(H,21,24). The van der Waals surface area contributed by atoms with Crippen molar-refractivity contribution in [2.45, 2.75) is 45.1 Å². The summed E-state index contributed by atoms with van der Waals surface area (Å²) in [6, 6.07) is 8.84. The third-order valence-corrected chi connectivity index (χ3v) is 4.43. The van der Waals surface area contributed by atoms with E-state index < -0.39 is 0 Å². The van der Waals surface area contributed by atoms with Crippen molar-refractivity contribution in [2.24, 2.45) is 0 Å². The first-order chi connectivity index (χ1) is 11.8. The van der Waals surface area contributed by atoms with Gasteiger partial charge in [0.25, 0.3) is 0 Å². The van der Waals surface area contributed by atoms with Gasteiger partial charge in [0.2, 0.25) is 5.91 Å². The van der Waals surface area contributed by atoms with Gasteiger partial charge in [-0.25, -0.2) is 9.97 Å². The van der Waals surface area contributed by atoms with E-state index in [4.69, 9.17) is 0 Å². The number of nitrogens with zero attached hydrogens (tertiary/aromatic N) is 2. The Bertz CT molecular complexity index is 758. The van der Waals surface area contributed by atoms with E-state index >= 15 is 0 Å². The molecule has 0 aliphatic carbocycles. The number of thioether (sulfide) groups is 1. The predicted molar refractivity (Wildman–Crippen MR) is 101 cm³/mol. The zero-order valence-electron chi connectivity index (χ0n) is 15.0. The van der Waals surface area contributed by atoms with Gasteiger partial charge in [-0.2, -0.15) is 0 Å². The molecule has 5 nitrogen and oxygen atoms in total. The fourth-order valence-electron chi connectivity index (χ4n) is 2.15. The van der Waals surface area contributed by atoms with Crippen LogP contribution in [0.15, 0.2) is 35.4 Å². The number of ketones is 1. The van der Waals surface area contributed by atoms with Crippen LogP contribution in [0.3, 0.4) is 0 Å². The molecule has 2 rings (SSSR count). The van der Waals surface area contributed by atoms with Crippen LogP contribution in [0.5, 0.6) is 0 Å². The fourth-order valence-corrected chi connectivity index (χ4v) is 3.06. The summed E-state index contributed by atoms with van der Waals surface area (Å²) in [7, 11) is 0. The summed E-state index contributed by atoms with van der Waals surface area (Å²) in [6.07, 6.45) is 0.388. The van der Waals surface area contributed by atoms with Crippen molar-refractivity contribution in [3.63, 3.8) is 0 Å². The minimum atomic E-state index is -0.0575. The third-order valence-electron chi connectivity index (χ3n) is 3.52. The van der Waals surface area contributed by atoms with Crippen molar-refractivity contribution in [3.05, 3.63) is 47.4 Å². The lowest BCUT2D eigenvalue weighted by molar-refractivity contribution is -0.115. The average Bonchev–Trinajstić information content (AvgIpc) is 2.54. The molecule has 1 heterocycles. The monoisotopic (exact) mass is 357 g/mol. The molecule has 1 amide bonds. The first-order valence-corrected chi connectivity index (χ1v) is 9.23.